The average Bonchev–Trinajstić information content (AvgIpc) is 2.66. The lowest BCUT2D eigenvalue weighted by atomic mass is 9.97. The van der Waals surface area contributed by atoms with E-state index in [1.165, 1.54) is 81.7 Å². The number of nitrogens with zero attached hydrogens (tertiary/aromatic N) is 4. The molecule has 1 aliphatic heterocycles. The summed E-state index contributed by atoms with van der Waals surface area (Å²) >= 11 is 0. The lowest BCUT2D eigenvalue weighted by molar-refractivity contribution is -0.920. The van der Waals surface area contributed by atoms with Crippen molar-refractivity contribution in [2.45, 2.75) is 96.6 Å². The summed E-state index contributed by atoms with van der Waals surface area (Å²) < 4.78 is 1.18. The first-order valence-electron chi connectivity index (χ1n) is 11.4. The summed E-state index contributed by atoms with van der Waals surface area (Å²) in [6.45, 7) is 7.04. The molecular formula is C23H43IN4. The number of rotatable bonds is 12. The molecule has 5 heteroatoms. The molecule has 0 saturated carbocycles. The summed E-state index contributed by atoms with van der Waals surface area (Å²) in [5.74, 6) is 0.914. The summed E-state index contributed by atoms with van der Waals surface area (Å²) in [6, 6.07) is 3.20. The van der Waals surface area contributed by atoms with E-state index in [9.17, 15) is 0 Å². The predicted octanol–water partition coefficient (Wildman–Crippen LogP) is 2.45. The van der Waals surface area contributed by atoms with Crippen molar-refractivity contribution in [3.8, 4) is 0 Å². The smallest absolute Gasteiger partial charge is 0.225 e. The number of hydrogen-bond acceptors (Lipinski definition) is 3. The van der Waals surface area contributed by atoms with E-state index in [-0.39, 0.29) is 24.0 Å². The highest BCUT2D eigenvalue weighted by molar-refractivity contribution is 5.30. The predicted molar refractivity (Wildman–Crippen MR) is 116 cm³/mol. The maximum Gasteiger partial charge on any atom is 0.225 e. The molecule has 2 rings (SSSR count). The Morgan fingerprint density at radius 3 is 2.43 bits per heavy atom. The van der Waals surface area contributed by atoms with Gasteiger partial charge in [-0.3, -0.25) is 0 Å². The number of likely N-dealkylation sites (tertiary alicyclic amines) is 1. The molecule has 0 spiro atoms. The van der Waals surface area contributed by atoms with Gasteiger partial charge >= 0.3 is 0 Å². The topological polar surface area (TPSA) is 29.0 Å². The van der Waals surface area contributed by atoms with Crippen LogP contribution in [-0.2, 0) is 0 Å². The largest absolute Gasteiger partial charge is 1.00 e. The highest BCUT2D eigenvalue weighted by atomic mass is 127. The van der Waals surface area contributed by atoms with E-state index in [0.29, 0.717) is 6.04 Å². The van der Waals surface area contributed by atoms with E-state index in [1.807, 2.05) is 18.5 Å². The van der Waals surface area contributed by atoms with Crippen LogP contribution in [0.25, 0.3) is 0 Å². The van der Waals surface area contributed by atoms with Crippen LogP contribution in [0.2, 0.25) is 0 Å². The molecule has 1 fully saturated rings. The van der Waals surface area contributed by atoms with Crippen molar-refractivity contribution in [1.82, 2.24) is 9.97 Å². The molecule has 1 saturated heterocycles. The van der Waals surface area contributed by atoms with Crippen LogP contribution in [0.3, 0.4) is 0 Å². The fourth-order valence-electron chi connectivity index (χ4n) is 4.55. The maximum absolute atomic E-state index is 4.58. The summed E-state index contributed by atoms with van der Waals surface area (Å²) in [6.07, 6.45) is 18.6. The third-order valence-electron chi connectivity index (χ3n) is 6.53. The standard InChI is InChI=1S/C23H43N4.HI/c1-5-6-7-8-9-10-14-21(2)26(23-24-17-13-18-25-23)19-16-22-15-11-12-20-27(22,3)4;/h13,17-18,21-22H,5-12,14-16,19-20H2,1-4H3;1H/q+1;/p-1. The molecule has 2 heterocycles. The number of hydrogen-bond donors (Lipinski definition) is 0. The van der Waals surface area contributed by atoms with Crippen LogP contribution in [-0.4, -0.2) is 53.7 Å². The lowest BCUT2D eigenvalue weighted by Gasteiger charge is -2.43. The lowest BCUT2D eigenvalue weighted by Crippen LogP contribution is -3.00. The number of piperidine rings is 1. The minimum atomic E-state index is 0. The maximum atomic E-state index is 4.58. The fraction of sp³-hybridized carbons (Fsp3) is 0.826. The van der Waals surface area contributed by atoms with Gasteiger partial charge in [-0.2, -0.15) is 0 Å². The van der Waals surface area contributed by atoms with Crippen LogP contribution in [0, 0.1) is 0 Å². The van der Waals surface area contributed by atoms with Gasteiger partial charge in [0.1, 0.15) is 0 Å². The van der Waals surface area contributed by atoms with Crippen molar-refractivity contribution >= 4 is 5.95 Å². The average molecular weight is 503 g/mol. The quantitative estimate of drug-likeness (QED) is 0.250. The SMILES string of the molecule is CCCCCCCCC(C)N(CCC1CCCC[N+]1(C)C)c1ncccn1.[I-]. The molecule has 0 N–H and O–H groups in total. The number of quaternary nitrogens is 1. The second kappa shape index (κ2) is 13.7. The number of halogens is 1. The van der Waals surface area contributed by atoms with E-state index in [2.05, 4.69) is 42.8 Å². The minimum absolute atomic E-state index is 0. The van der Waals surface area contributed by atoms with Gasteiger partial charge in [0.25, 0.3) is 0 Å². The van der Waals surface area contributed by atoms with Gasteiger partial charge in [0.2, 0.25) is 5.95 Å². The minimum Gasteiger partial charge on any atom is -1.00 e. The van der Waals surface area contributed by atoms with Crippen LogP contribution in [0.15, 0.2) is 18.5 Å². The molecule has 4 nitrogen and oxygen atoms in total. The van der Waals surface area contributed by atoms with Crippen molar-refractivity contribution in [3.63, 3.8) is 0 Å². The van der Waals surface area contributed by atoms with Gasteiger partial charge in [-0.25, -0.2) is 9.97 Å². The zero-order chi connectivity index (χ0) is 19.5. The van der Waals surface area contributed by atoms with Gasteiger partial charge in [-0.05, 0) is 38.7 Å². The van der Waals surface area contributed by atoms with Crippen LogP contribution < -0.4 is 28.9 Å². The van der Waals surface area contributed by atoms with Crippen molar-refractivity contribution < 1.29 is 28.5 Å². The number of aromatic nitrogens is 2. The Morgan fingerprint density at radius 1 is 1.07 bits per heavy atom. The Hall–Kier alpha value is -0.430. The van der Waals surface area contributed by atoms with E-state index in [1.54, 1.807) is 0 Å². The molecule has 1 aliphatic rings. The molecule has 1 aromatic heterocycles. The van der Waals surface area contributed by atoms with Crippen molar-refractivity contribution in [1.29, 1.82) is 0 Å². The third-order valence-corrected chi connectivity index (χ3v) is 6.53. The first-order chi connectivity index (χ1) is 13.0. The first-order valence-corrected chi connectivity index (χ1v) is 11.4. The molecule has 1 aromatic rings. The molecular weight excluding hydrogens is 459 g/mol. The molecule has 0 aliphatic carbocycles. The second-order valence-corrected chi connectivity index (χ2v) is 9.09. The Bertz CT molecular complexity index is 509. The van der Waals surface area contributed by atoms with Crippen molar-refractivity contribution in [2.75, 3.05) is 32.1 Å². The van der Waals surface area contributed by atoms with E-state index in [4.69, 9.17) is 0 Å². The van der Waals surface area contributed by atoms with Gasteiger partial charge in [-0.15, -0.1) is 0 Å². The highest BCUT2D eigenvalue weighted by Gasteiger charge is 2.32. The van der Waals surface area contributed by atoms with Gasteiger partial charge < -0.3 is 33.4 Å². The van der Waals surface area contributed by atoms with Crippen molar-refractivity contribution in [2.24, 2.45) is 0 Å². The van der Waals surface area contributed by atoms with Gasteiger partial charge in [-0.1, -0.05) is 45.4 Å². The van der Waals surface area contributed by atoms with Crippen LogP contribution in [0.5, 0.6) is 0 Å². The zero-order valence-electron chi connectivity index (χ0n) is 18.7. The van der Waals surface area contributed by atoms with E-state index in [0.717, 1.165) is 18.5 Å². The number of unbranched alkanes of at least 4 members (excludes halogenated alkanes) is 5. The Morgan fingerprint density at radius 2 is 1.75 bits per heavy atom. The summed E-state index contributed by atoms with van der Waals surface area (Å²) in [7, 11) is 4.82. The van der Waals surface area contributed by atoms with Crippen molar-refractivity contribution in [3.05, 3.63) is 18.5 Å². The number of anilines is 1. The highest BCUT2D eigenvalue weighted by Crippen LogP contribution is 2.25. The molecule has 2 atom stereocenters. The molecule has 0 amide bonds. The zero-order valence-corrected chi connectivity index (χ0v) is 20.9. The van der Waals surface area contributed by atoms with Crippen LogP contribution in [0.1, 0.15) is 84.5 Å². The van der Waals surface area contributed by atoms with Crippen LogP contribution >= 0.6 is 0 Å². The summed E-state index contributed by atoms with van der Waals surface area (Å²) in [5, 5.41) is 0. The molecule has 0 aromatic carbocycles. The molecule has 28 heavy (non-hydrogen) atoms. The van der Waals surface area contributed by atoms with Gasteiger partial charge in [0.05, 0.1) is 26.7 Å². The Balaban J connectivity index is 0.00000392. The third kappa shape index (κ3) is 8.52. The monoisotopic (exact) mass is 502 g/mol. The summed E-state index contributed by atoms with van der Waals surface area (Å²) in [5.41, 5.74) is 0. The summed E-state index contributed by atoms with van der Waals surface area (Å²) in [4.78, 5) is 11.6. The second-order valence-electron chi connectivity index (χ2n) is 9.09. The molecule has 0 bridgehead atoms. The first kappa shape index (κ1) is 25.6. The molecule has 0 radical (unpaired) electrons. The Kier molecular flexibility index (Phi) is 12.6. The van der Waals surface area contributed by atoms with Crippen LogP contribution in [0.4, 0.5) is 5.95 Å². The fourth-order valence-corrected chi connectivity index (χ4v) is 4.55. The van der Waals surface area contributed by atoms with E-state index < -0.39 is 0 Å². The normalized spacial score (nSPS) is 19.6. The Labute approximate surface area is 191 Å². The van der Waals surface area contributed by atoms with Gasteiger partial charge in [0, 0.05) is 31.4 Å². The molecule has 2 unspecified atom stereocenters. The molecule has 162 valence electrons. The van der Waals surface area contributed by atoms with Gasteiger partial charge in [0.15, 0.2) is 0 Å². The van der Waals surface area contributed by atoms with E-state index >= 15 is 0 Å².